The number of nitrogens with zero attached hydrogens (tertiary/aromatic N) is 2. The Kier molecular flexibility index (Phi) is 15.4. The second-order valence-electron chi connectivity index (χ2n) is 18.0. The van der Waals surface area contributed by atoms with E-state index in [-0.39, 0.29) is 43.3 Å². The average molecular weight is 829 g/mol. The van der Waals surface area contributed by atoms with Gasteiger partial charge in [-0.15, -0.1) is 0 Å². The average Bonchev–Trinajstić information content (AvgIpc) is 3.46. The van der Waals surface area contributed by atoms with Gasteiger partial charge in [0.05, 0.1) is 41.9 Å². The number of cyclic esters (lactones) is 1. The summed E-state index contributed by atoms with van der Waals surface area (Å²) in [6.45, 7) is 15.6. The van der Waals surface area contributed by atoms with Gasteiger partial charge in [0.25, 0.3) is 0 Å². The van der Waals surface area contributed by atoms with E-state index in [1.165, 1.54) is 12.5 Å². The van der Waals surface area contributed by atoms with Crippen molar-refractivity contribution in [1.82, 2.24) is 9.80 Å². The summed E-state index contributed by atoms with van der Waals surface area (Å²) in [4.78, 5) is 72.7. The second-order valence-corrected chi connectivity index (χ2v) is 18.0. The second kappa shape index (κ2) is 19.5. The minimum absolute atomic E-state index is 0.105. The fourth-order valence-corrected chi connectivity index (χ4v) is 10.1. The van der Waals surface area contributed by atoms with Crippen molar-refractivity contribution < 1.29 is 57.1 Å². The molecule has 0 aliphatic carbocycles. The van der Waals surface area contributed by atoms with Gasteiger partial charge >= 0.3 is 18.0 Å². The van der Waals surface area contributed by atoms with Crippen molar-refractivity contribution in [3.63, 3.8) is 0 Å². The minimum atomic E-state index is -1.36. The SMILES string of the molecule is CC[C@H]1OC(=O)[C@H](C)[C@@H]2OCC(=O)CO[C@@](C)(C[C@@H](C)C(=O)[C@H](C)[C@@H]3N(CCCCc4ccccc4)C(=O)O[C@@]31C)[C@H](OC1O[C@H](C)C[C@H](N(C)C)[C@H]1OC(C)=O)[C@@H]2C. The fourth-order valence-electron chi connectivity index (χ4n) is 10.1. The molecule has 4 aliphatic rings. The van der Waals surface area contributed by atoms with Crippen LogP contribution in [0.25, 0.3) is 0 Å². The molecule has 14 nitrogen and oxygen atoms in total. The van der Waals surface area contributed by atoms with Gasteiger partial charge in [-0.05, 0) is 85.9 Å². The molecule has 330 valence electrons. The summed E-state index contributed by atoms with van der Waals surface area (Å²) >= 11 is 0. The Morgan fingerprint density at radius 1 is 0.966 bits per heavy atom. The zero-order valence-electron chi connectivity index (χ0n) is 37.0. The molecule has 0 spiro atoms. The monoisotopic (exact) mass is 828 g/mol. The smallest absolute Gasteiger partial charge is 0.410 e. The highest BCUT2D eigenvalue weighted by atomic mass is 16.7. The number of esters is 2. The first-order valence-corrected chi connectivity index (χ1v) is 21.5. The van der Waals surface area contributed by atoms with Gasteiger partial charge in [0.1, 0.15) is 25.1 Å². The lowest BCUT2D eigenvalue weighted by atomic mass is 9.73. The third kappa shape index (κ3) is 10.4. The summed E-state index contributed by atoms with van der Waals surface area (Å²) in [5.74, 6) is -4.63. The van der Waals surface area contributed by atoms with E-state index >= 15 is 0 Å². The number of benzene rings is 1. The molecule has 1 aromatic carbocycles. The predicted molar refractivity (Wildman–Crippen MR) is 217 cm³/mol. The van der Waals surface area contributed by atoms with Gasteiger partial charge in [-0.3, -0.25) is 19.2 Å². The van der Waals surface area contributed by atoms with E-state index in [4.69, 9.17) is 33.2 Å². The number of fused-ring (bicyclic) bond motifs is 4. The van der Waals surface area contributed by atoms with Gasteiger partial charge in [0.2, 0.25) is 0 Å². The molecule has 4 heterocycles. The van der Waals surface area contributed by atoms with Crippen LogP contribution in [-0.4, -0.2) is 133 Å². The summed E-state index contributed by atoms with van der Waals surface area (Å²) in [7, 11) is 3.80. The predicted octanol–water partition coefficient (Wildman–Crippen LogP) is 5.55. The number of rotatable bonds is 10. The minimum Gasteiger partial charge on any atom is -0.458 e. The van der Waals surface area contributed by atoms with Crippen molar-refractivity contribution in [2.24, 2.45) is 23.7 Å². The Bertz CT molecular complexity index is 1640. The van der Waals surface area contributed by atoms with Crippen LogP contribution < -0.4 is 0 Å². The van der Waals surface area contributed by atoms with Gasteiger partial charge in [-0.2, -0.15) is 0 Å². The number of amides is 1. The van der Waals surface area contributed by atoms with Gasteiger partial charge in [-0.1, -0.05) is 58.0 Å². The number of hydrogen-bond acceptors (Lipinski definition) is 13. The Hall–Kier alpha value is -3.43. The number of carbonyl (C=O) groups is 5. The highest BCUT2D eigenvalue weighted by Gasteiger charge is 2.60. The molecular formula is C45H68N2O12. The van der Waals surface area contributed by atoms with Gasteiger partial charge in [0, 0.05) is 31.2 Å². The van der Waals surface area contributed by atoms with E-state index in [9.17, 15) is 24.0 Å². The van der Waals surface area contributed by atoms with Crippen LogP contribution in [0.5, 0.6) is 0 Å². The van der Waals surface area contributed by atoms with E-state index in [1.54, 1.807) is 18.7 Å². The maximum Gasteiger partial charge on any atom is 0.410 e. The van der Waals surface area contributed by atoms with Crippen molar-refractivity contribution in [3.05, 3.63) is 35.9 Å². The summed E-state index contributed by atoms with van der Waals surface area (Å²) in [5, 5.41) is 0. The molecule has 1 aromatic rings. The topological polar surface area (TPSA) is 156 Å². The Morgan fingerprint density at radius 3 is 2.31 bits per heavy atom. The Labute approximate surface area is 350 Å². The molecule has 14 heteroatoms. The molecule has 0 saturated carbocycles. The standard InChI is InChI=1S/C45H68N2O12/c1-12-35-45(9)39(47(43(52)59-45)21-17-16-20-32-18-14-13-15-19-32)28(4)36(50)26(2)23-44(8)40(29(5)37(30(6)41(51)57-35)53-24-33(49)25-54-44)58-42-38(56-31(7)48)34(46(10)11)22-27(3)55-42/h13-15,18-19,26-30,34-35,37-40,42H,12,16-17,20-25H2,1-11H3/t26-,27-,28+,29-,30-,34+,35-,37-,38-,39+,40-,42?,44+,45-/m1/s1. The molecule has 0 N–H and O–H groups in total. The lowest BCUT2D eigenvalue weighted by Gasteiger charge is -2.49. The molecule has 4 aliphatic heterocycles. The van der Waals surface area contributed by atoms with Gasteiger partial charge < -0.3 is 43.0 Å². The zero-order valence-corrected chi connectivity index (χ0v) is 37.0. The van der Waals surface area contributed by atoms with Crippen LogP contribution in [0.1, 0.15) is 100.0 Å². The first-order chi connectivity index (χ1) is 27.8. The lowest BCUT2D eigenvalue weighted by molar-refractivity contribution is -0.304. The fraction of sp³-hybridized carbons (Fsp3) is 0.756. The van der Waals surface area contributed by atoms with E-state index in [2.05, 4.69) is 12.1 Å². The molecule has 0 radical (unpaired) electrons. The number of Topliss-reactive ketones (excluding diaryl/α,β-unsaturated/α-hetero) is 2. The van der Waals surface area contributed by atoms with E-state index in [1.807, 2.05) is 78.7 Å². The molecule has 4 fully saturated rings. The number of ether oxygens (including phenoxy) is 7. The molecule has 1 unspecified atom stereocenters. The van der Waals surface area contributed by atoms with E-state index in [0.29, 0.717) is 25.8 Å². The van der Waals surface area contributed by atoms with Gasteiger partial charge in [-0.25, -0.2) is 4.79 Å². The maximum atomic E-state index is 14.9. The third-order valence-electron chi connectivity index (χ3n) is 13.1. The highest BCUT2D eigenvalue weighted by Crippen LogP contribution is 2.44. The molecular weight excluding hydrogens is 760 g/mol. The van der Waals surface area contributed by atoms with Crippen LogP contribution in [0.2, 0.25) is 0 Å². The Morgan fingerprint density at radius 2 is 1.66 bits per heavy atom. The normalized spacial score (nSPS) is 38.7. The van der Waals surface area contributed by atoms with Crippen LogP contribution >= 0.6 is 0 Å². The summed E-state index contributed by atoms with van der Waals surface area (Å²) in [6.07, 6.45) is -2.25. The summed E-state index contributed by atoms with van der Waals surface area (Å²) < 4.78 is 44.7. The number of ketones is 2. The maximum absolute atomic E-state index is 14.9. The van der Waals surface area contributed by atoms with Crippen LogP contribution in [0.15, 0.2) is 30.3 Å². The van der Waals surface area contributed by atoms with Crippen LogP contribution in [0.4, 0.5) is 4.79 Å². The number of aryl methyl sites for hydroxylation is 1. The number of carbonyl (C=O) groups excluding carboxylic acids is 5. The first kappa shape index (κ1) is 46.6. The highest BCUT2D eigenvalue weighted by molar-refractivity contribution is 5.85. The van der Waals surface area contributed by atoms with Crippen LogP contribution in [-0.2, 0) is 58.8 Å². The van der Waals surface area contributed by atoms with E-state index < -0.39 is 89.7 Å². The molecule has 4 saturated heterocycles. The lowest BCUT2D eigenvalue weighted by Crippen LogP contribution is -2.61. The quantitative estimate of drug-likeness (QED) is 0.165. The van der Waals surface area contributed by atoms with Crippen molar-refractivity contribution in [3.8, 4) is 0 Å². The van der Waals surface area contributed by atoms with Gasteiger partial charge in [0.15, 0.2) is 23.8 Å². The van der Waals surface area contributed by atoms with Crippen molar-refractivity contribution >= 4 is 29.6 Å². The zero-order chi connectivity index (χ0) is 43.4. The Balaban J connectivity index is 1.56. The van der Waals surface area contributed by atoms with Crippen molar-refractivity contribution in [2.75, 3.05) is 33.9 Å². The third-order valence-corrected chi connectivity index (χ3v) is 13.1. The molecule has 0 aromatic heterocycles. The first-order valence-electron chi connectivity index (χ1n) is 21.5. The molecule has 2 bridgehead atoms. The largest absolute Gasteiger partial charge is 0.458 e. The summed E-state index contributed by atoms with van der Waals surface area (Å²) in [6, 6.07) is 9.11. The van der Waals surface area contributed by atoms with Crippen LogP contribution in [0, 0.1) is 23.7 Å². The van der Waals surface area contributed by atoms with Crippen LogP contribution in [0.3, 0.4) is 0 Å². The molecule has 5 rings (SSSR count). The van der Waals surface area contributed by atoms with E-state index in [0.717, 1.165) is 12.8 Å². The number of hydrogen-bond donors (Lipinski definition) is 0. The van der Waals surface area contributed by atoms with Crippen molar-refractivity contribution in [1.29, 1.82) is 0 Å². The summed E-state index contributed by atoms with van der Waals surface area (Å²) in [5.41, 5.74) is -1.50. The molecule has 59 heavy (non-hydrogen) atoms. The number of likely N-dealkylation sites (N-methyl/N-ethyl adjacent to an activating group) is 1. The van der Waals surface area contributed by atoms with Crippen molar-refractivity contribution in [2.45, 2.75) is 161 Å². The number of unbranched alkanes of at least 4 members (excludes halogenated alkanes) is 1. The molecule has 1 amide bonds. The molecule has 14 atom stereocenters.